The fourth-order valence-corrected chi connectivity index (χ4v) is 1.09. The van der Waals surface area contributed by atoms with E-state index in [2.05, 4.69) is 10.3 Å². The molecular formula is C5H7N3O. The second-order valence-corrected chi connectivity index (χ2v) is 2.19. The van der Waals surface area contributed by atoms with Crippen LogP contribution in [-0.2, 0) is 6.54 Å². The van der Waals surface area contributed by atoms with Crippen LogP contribution >= 0.6 is 0 Å². The summed E-state index contributed by atoms with van der Waals surface area (Å²) in [6, 6.07) is 0. The van der Waals surface area contributed by atoms with Crippen molar-refractivity contribution in [3.8, 4) is 0 Å². The van der Waals surface area contributed by atoms with E-state index in [0.29, 0.717) is 0 Å². The van der Waals surface area contributed by atoms with Crippen LogP contribution in [0, 0.1) is 0 Å². The van der Waals surface area contributed by atoms with E-state index in [-0.39, 0.29) is 6.10 Å². The first-order chi connectivity index (χ1) is 4.38. The molecule has 0 aliphatic carbocycles. The molecule has 0 bridgehead atoms. The topological polar surface area (TPSA) is 50.9 Å². The smallest absolute Gasteiger partial charge is 0.0990 e. The highest BCUT2D eigenvalue weighted by molar-refractivity contribution is 5.02. The maximum absolute atomic E-state index is 9.17. The second kappa shape index (κ2) is 1.54. The summed E-state index contributed by atoms with van der Waals surface area (Å²) in [5, 5.41) is 16.6. The molecule has 2 rings (SSSR count). The van der Waals surface area contributed by atoms with Gasteiger partial charge in [-0.3, -0.25) is 0 Å². The van der Waals surface area contributed by atoms with Crippen molar-refractivity contribution in [2.24, 2.45) is 0 Å². The zero-order chi connectivity index (χ0) is 6.27. The largest absolute Gasteiger partial charge is 0.387 e. The van der Waals surface area contributed by atoms with Gasteiger partial charge in [0, 0.05) is 6.54 Å². The summed E-state index contributed by atoms with van der Waals surface area (Å²) < 4.78 is 1.73. The SMILES string of the molecule is OC1CCn2nncc21. The zero-order valence-corrected chi connectivity index (χ0v) is 4.86. The highest BCUT2D eigenvalue weighted by Crippen LogP contribution is 2.22. The van der Waals surface area contributed by atoms with Crippen LogP contribution in [-0.4, -0.2) is 20.1 Å². The van der Waals surface area contributed by atoms with Gasteiger partial charge in [-0.1, -0.05) is 5.21 Å². The van der Waals surface area contributed by atoms with Crippen LogP contribution in [0.25, 0.3) is 0 Å². The summed E-state index contributed by atoms with van der Waals surface area (Å²) in [4.78, 5) is 0. The minimum absolute atomic E-state index is 0.333. The van der Waals surface area contributed by atoms with Gasteiger partial charge in [0.15, 0.2) is 0 Å². The first-order valence-corrected chi connectivity index (χ1v) is 2.94. The number of aryl methyl sites for hydroxylation is 1. The lowest BCUT2D eigenvalue weighted by molar-refractivity contribution is 0.179. The Kier molecular flexibility index (Phi) is 0.843. The molecule has 0 spiro atoms. The number of fused-ring (bicyclic) bond motifs is 1. The van der Waals surface area contributed by atoms with Crippen LogP contribution < -0.4 is 0 Å². The molecule has 0 radical (unpaired) electrons. The number of aromatic nitrogens is 3. The van der Waals surface area contributed by atoms with E-state index in [1.54, 1.807) is 10.9 Å². The predicted molar refractivity (Wildman–Crippen MR) is 29.6 cm³/mol. The van der Waals surface area contributed by atoms with Gasteiger partial charge in [-0.15, -0.1) is 5.10 Å². The summed E-state index contributed by atoms with van der Waals surface area (Å²) in [5.41, 5.74) is 0.843. The highest BCUT2D eigenvalue weighted by Gasteiger charge is 2.20. The van der Waals surface area contributed by atoms with Crippen LogP contribution in [0.1, 0.15) is 18.2 Å². The van der Waals surface area contributed by atoms with Crippen molar-refractivity contribution in [1.29, 1.82) is 0 Å². The Morgan fingerprint density at radius 3 is 3.44 bits per heavy atom. The van der Waals surface area contributed by atoms with Gasteiger partial charge in [-0.25, -0.2) is 4.68 Å². The van der Waals surface area contributed by atoms with Gasteiger partial charge in [0.25, 0.3) is 0 Å². The summed E-state index contributed by atoms with van der Waals surface area (Å²) in [6.07, 6.45) is 2.06. The molecule has 1 aromatic heterocycles. The lowest BCUT2D eigenvalue weighted by Crippen LogP contribution is -1.94. The molecule has 0 aromatic carbocycles. The van der Waals surface area contributed by atoms with Crippen LogP contribution in [0.3, 0.4) is 0 Å². The third-order valence-electron chi connectivity index (χ3n) is 1.60. The second-order valence-electron chi connectivity index (χ2n) is 2.19. The molecule has 1 aliphatic heterocycles. The van der Waals surface area contributed by atoms with Gasteiger partial charge in [-0.2, -0.15) is 0 Å². The monoisotopic (exact) mass is 125 g/mol. The number of aliphatic hydroxyl groups excluding tert-OH is 1. The summed E-state index contributed by atoms with van der Waals surface area (Å²) in [7, 11) is 0. The van der Waals surface area contributed by atoms with Crippen molar-refractivity contribution in [3.63, 3.8) is 0 Å². The maximum Gasteiger partial charge on any atom is 0.0990 e. The molecule has 4 nitrogen and oxygen atoms in total. The van der Waals surface area contributed by atoms with E-state index in [0.717, 1.165) is 18.7 Å². The zero-order valence-electron chi connectivity index (χ0n) is 4.86. The van der Waals surface area contributed by atoms with Gasteiger partial charge >= 0.3 is 0 Å². The lowest BCUT2D eigenvalue weighted by Gasteiger charge is -1.93. The van der Waals surface area contributed by atoms with E-state index in [4.69, 9.17) is 5.11 Å². The molecular weight excluding hydrogens is 118 g/mol. The number of aliphatic hydroxyl groups is 1. The van der Waals surface area contributed by atoms with E-state index in [9.17, 15) is 0 Å². The minimum atomic E-state index is -0.333. The van der Waals surface area contributed by atoms with E-state index >= 15 is 0 Å². The van der Waals surface area contributed by atoms with Crippen LogP contribution in [0.2, 0.25) is 0 Å². The van der Waals surface area contributed by atoms with Gasteiger partial charge in [0.05, 0.1) is 18.0 Å². The molecule has 48 valence electrons. The third-order valence-corrected chi connectivity index (χ3v) is 1.60. The first kappa shape index (κ1) is 4.93. The normalized spacial score (nSPS) is 24.3. The van der Waals surface area contributed by atoms with Crippen molar-refractivity contribution in [3.05, 3.63) is 11.9 Å². The van der Waals surface area contributed by atoms with Gasteiger partial charge in [-0.05, 0) is 6.42 Å². The summed E-state index contributed by atoms with van der Waals surface area (Å²) >= 11 is 0. The Bertz CT molecular complexity index is 220. The Hall–Kier alpha value is -0.900. The molecule has 1 atom stereocenters. The number of hydrogen-bond donors (Lipinski definition) is 1. The summed E-state index contributed by atoms with van der Waals surface area (Å²) in [6.45, 7) is 0.802. The quantitative estimate of drug-likeness (QED) is 0.518. The molecule has 1 aliphatic rings. The first-order valence-electron chi connectivity index (χ1n) is 2.94. The molecule has 0 saturated heterocycles. The standard InChI is InChI=1S/C5H7N3O/c9-5-1-2-8-4(5)3-6-7-8/h3,5,9H,1-2H2. The Balaban J connectivity index is 2.49. The fourth-order valence-electron chi connectivity index (χ4n) is 1.09. The maximum atomic E-state index is 9.17. The van der Waals surface area contributed by atoms with Crippen molar-refractivity contribution in [2.75, 3.05) is 0 Å². The molecule has 4 heteroatoms. The predicted octanol–water partition coefficient (Wildman–Crippen LogP) is -0.285. The number of rotatable bonds is 0. The van der Waals surface area contributed by atoms with Crippen LogP contribution in [0.5, 0.6) is 0 Å². The number of hydrogen-bond acceptors (Lipinski definition) is 3. The van der Waals surface area contributed by atoms with Crippen molar-refractivity contribution in [2.45, 2.75) is 19.1 Å². The summed E-state index contributed by atoms with van der Waals surface area (Å²) in [5.74, 6) is 0. The lowest BCUT2D eigenvalue weighted by atomic mass is 10.2. The van der Waals surface area contributed by atoms with Crippen LogP contribution in [0.15, 0.2) is 6.20 Å². The molecule has 0 amide bonds. The highest BCUT2D eigenvalue weighted by atomic mass is 16.3. The van der Waals surface area contributed by atoms with Crippen molar-refractivity contribution in [1.82, 2.24) is 15.0 Å². The van der Waals surface area contributed by atoms with E-state index in [1.165, 1.54) is 0 Å². The van der Waals surface area contributed by atoms with Crippen molar-refractivity contribution < 1.29 is 5.11 Å². The van der Waals surface area contributed by atoms with E-state index in [1.807, 2.05) is 0 Å². The molecule has 9 heavy (non-hydrogen) atoms. The minimum Gasteiger partial charge on any atom is -0.387 e. The van der Waals surface area contributed by atoms with Gasteiger partial charge in [0.1, 0.15) is 0 Å². The Labute approximate surface area is 52.1 Å². The average molecular weight is 125 g/mol. The number of nitrogens with zero attached hydrogens (tertiary/aromatic N) is 3. The average Bonchev–Trinajstić information content (AvgIpc) is 2.35. The third kappa shape index (κ3) is 0.564. The molecule has 1 aromatic rings. The molecule has 0 fully saturated rings. The molecule has 2 heterocycles. The Morgan fingerprint density at radius 2 is 2.67 bits per heavy atom. The van der Waals surface area contributed by atoms with Crippen LogP contribution in [0.4, 0.5) is 0 Å². The molecule has 1 unspecified atom stereocenters. The Morgan fingerprint density at radius 1 is 1.78 bits per heavy atom. The van der Waals surface area contributed by atoms with Crippen molar-refractivity contribution >= 4 is 0 Å². The fraction of sp³-hybridized carbons (Fsp3) is 0.600. The molecule has 1 N–H and O–H groups in total. The molecule has 0 saturated carbocycles. The van der Waals surface area contributed by atoms with E-state index < -0.39 is 0 Å². The van der Waals surface area contributed by atoms with Gasteiger partial charge in [0.2, 0.25) is 0 Å². The van der Waals surface area contributed by atoms with Gasteiger partial charge < -0.3 is 5.11 Å².